The third-order valence-electron chi connectivity index (χ3n) is 4.16. The Balaban J connectivity index is 1.96. The van der Waals surface area contributed by atoms with E-state index in [-0.39, 0.29) is 18.4 Å². The molecular weight excluding hydrogens is 364 g/mol. The van der Waals surface area contributed by atoms with E-state index in [4.69, 9.17) is 16.3 Å². The second kappa shape index (κ2) is 8.91. The topological polar surface area (TPSA) is 58.6 Å². The van der Waals surface area contributed by atoms with Gasteiger partial charge in [0.2, 0.25) is 5.91 Å². The van der Waals surface area contributed by atoms with Crippen molar-refractivity contribution < 1.29 is 14.3 Å². The van der Waals surface area contributed by atoms with E-state index in [9.17, 15) is 9.59 Å². The zero-order valence-corrected chi connectivity index (χ0v) is 17.1. The molecule has 0 spiro atoms. The highest BCUT2D eigenvalue weighted by Gasteiger charge is 2.21. The van der Waals surface area contributed by atoms with Gasteiger partial charge in [-0.3, -0.25) is 9.59 Å². The van der Waals surface area contributed by atoms with Gasteiger partial charge in [-0.1, -0.05) is 35.4 Å². The van der Waals surface area contributed by atoms with Gasteiger partial charge in [0.15, 0.2) is 6.10 Å². The molecule has 2 rings (SSSR count). The Morgan fingerprint density at radius 3 is 2.37 bits per heavy atom. The van der Waals surface area contributed by atoms with Crippen LogP contribution in [0.15, 0.2) is 36.4 Å². The zero-order chi connectivity index (χ0) is 20.1. The summed E-state index contributed by atoms with van der Waals surface area (Å²) in [6, 6.07) is 10.9. The van der Waals surface area contributed by atoms with Gasteiger partial charge in [0.05, 0.1) is 6.54 Å². The second-order valence-electron chi connectivity index (χ2n) is 6.73. The molecule has 0 saturated heterocycles. The Kier molecular flexibility index (Phi) is 6.86. The largest absolute Gasteiger partial charge is 0.481 e. The minimum absolute atomic E-state index is 0.0607. The van der Waals surface area contributed by atoms with Crippen molar-refractivity contribution in [3.8, 4) is 5.75 Å². The zero-order valence-electron chi connectivity index (χ0n) is 16.3. The number of aryl methyl sites for hydroxylation is 3. The van der Waals surface area contributed by atoms with Crippen molar-refractivity contribution in [2.24, 2.45) is 0 Å². The van der Waals surface area contributed by atoms with Crippen LogP contribution in [0.25, 0.3) is 0 Å². The fraction of sp³-hybridized carbons (Fsp3) is 0.333. The lowest BCUT2D eigenvalue weighted by molar-refractivity contribution is -0.139. The van der Waals surface area contributed by atoms with Gasteiger partial charge in [0, 0.05) is 17.8 Å². The van der Waals surface area contributed by atoms with E-state index >= 15 is 0 Å². The lowest BCUT2D eigenvalue weighted by atomic mass is 10.1. The number of carbonyl (C=O) groups is 2. The second-order valence-corrected chi connectivity index (χ2v) is 7.17. The Morgan fingerprint density at radius 2 is 1.78 bits per heavy atom. The fourth-order valence-electron chi connectivity index (χ4n) is 2.95. The molecule has 0 bridgehead atoms. The molecule has 0 saturated carbocycles. The van der Waals surface area contributed by atoms with Gasteiger partial charge >= 0.3 is 0 Å². The molecule has 144 valence electrons. The number of ether oxygens (including phenoxy) is 1. The van der Waals surface area contributed by atoms with E-state index in [0.717, 1.165) is 22.4 Å². The number of hydrogen-bond acceptors (Lipinski definition) is 3. The highest BCUT2D eigenvalue weighted by atomic mass is 35.5. The van der Waals surface area contributed by atoms with Crippen LogP contribution in [0.5, 0.6) is 5.75 Å². The number of halogens is 1. The molecule has 0 radical (unpaired) electrons. The minimum atomic E-state index is -0.732. The van der Waals surface area contributed by atoms with E-state index in [1.165, 1.54) is 4.90 Å². The summed E-state index contributed by atoms with van der Waals surface area (Å²) in [5, 5.41) is 3.43. The third kappa shape index (κ3) is 5.73. The highest BCUT2D eigenvalue weighted by Crippen LogP contribution is 2.22. The predicted octanol–water partition coefficient (Wildman–Crippen LogP) is 4.13. The van der Waals surface area contributed by atoms with Gasteiger partial charge in [0.1, 0.15) is 5.75 Å². The van der Waals surface area contributed by atoms with E-state index < -0.39 is 6.10 Å². The first-order valence-corrected chi connectivity index (χ1v) is 9.10. The number of benzene rings is 2. The van der Waals surface area contributed by atoms with Gasteiger partial charge in [-0.2, -0.15) is 0 Å². The first-order valence-electron chi connectivity index (χ1n) is 8.72. The Labute approximate surface area is 165 Å². The number of carbonyl (C=O) groups excluding carboxylic acids is 2. The van der Waals surface area contributed by atoms with E-state index in [0.29, 0.717) is 10.8 Å². The van der Waals surface area contributed by atoms with Crippen molar-refractivity contribution in [2.75, 3.05) is 18.9 Å². The van der Waals surface area contributed by atoms with Crippen LogP contribution < -0.4 is 10.1 Å². The van der Waals surface area contributed by atoms with Crippen LogP contribution in [0.3, 0.4) is 0 Å². The molecule has 6 heteroatoms. The summed E-state index contributed by atoms with van der Waals surface area (Å²) in [5.74, 6) is -0.0366. The van der Waals surface area contributed by atoms with Crippen LogP contribution in [0.2, 0.25) is 5.02 Å². The molecule has 5 nitrogen and oxygen atoms in total. The molecule has 27 heavy (non-hydrogen) atoms. The van der Waals surface area contributed by atoms with Crippen molar-refractivity contribution in [2.45, 2.75) is 33.8 Å². The van der Waals surface area contributed by atoms with Crippen LogP contribution in [-0.2, 0) is 9.59 Å². The van der Waals surface area contributed by atoms with Crippen molar-refractivity contribution in [1.82, 2.24) is 4.90 Å². The molecule has 1 N–H and O–H groups in total. The van der Waals surface area contributed by atoms with Gasteiger partial charge in [-0.15, -0.1) is 0 Å². The van der Waals surface area contributed by atoms with E-state index in [1.54, 1.807) is 38.2 Å². The summed E-state index contributed by atoms with van der Waals surface area (Å²) in [7, 11) is 1.58. The van der Waals surface area contributed by atoms with Gasteiger partial charge in [-0.05, 0) is 57.0 Å². The Bertz CT molecular complexity index is 828. The van der Waals surface area contributed by atoms with Gasteiger partial charge < -0.3 is 15.0 Å². The van der Waals surface area contributed by atoms with Gasteiger partial charge in [-0.25, -0.2) is 0 Å². The maximum atomic E-state index is 12.5. The third-order valence-corrected chi connectivity index (χ3v) is 4.39. The first-order chi connectivity index (χ1) is 12.7. The molecule has 2 amide bonds. The van der Waals surface area contributed by atoms with Crippen LogP contribution in [0.1, 0.15) is 23.6 Å². The number of nitrogens with one attached hydrogen (secondary N) is 1. The average Bonchev–Trinajstić information content (AvgIpc) is 2.57. The smallest absolute Gasteiger partial charge is 0.263 e. The van der Waals surface area contributed by atoms with Gasteiger partial charge in [0.25, 0.3) is 5.91 Å². The first kappa shape index (κ1) is 20.8. The summed E-state index contributed by atoms with van der Waals surface area (Å²) < 4.78 is 5.62. The van der Waals surface area contributed by atoms with Crippen molar-refractivity contribution in [3.63, 3.8) is 0 Å². The standard InChI is InChI=1S/C21H25ClN2O3/c1-13-9-14(2)20(15(3)10-13)23-19(25)12-24(5)21(26)16(4)27-18-8-6-7-17(22)11-18/h6-11,16H,12H2,1-5H3,(H,23,25). The van der Waals surface area contributed by atoms with Crippen LogP contribution in [-0.4, -0.2) is 36.4 Å². The van der Waals surface area contributed by atoms with Crippen molar-refractivity contribution >= 4 is 29.1 Å². The summed E-state index contributed by atoms with van der Waals surface area (Å²) >= 11 is 5.92. The number of rotatable bonds is 6. The fourth-order valence-corrected chi connectivity index (χ4v) is 3.13. The molecule has 1 unspecified atom stereocenters. The Morgan fingerprint density at radius 1 is 1.15 bits per heavy atom. The lowest BCUT2D eigenvalue weighted by Gasteiger charge is -2.22. The molecule has 2 aromatic rings. The number of anilines is 1. The molecular formula is C21H25ClN2O3. The molecule has 0 aliphatic heterocycles. The SMILES string of the molecule is Cc1cc(C)c(NC(=O)CN(C)C(=O)C(C)Oc2cccc(Cl)c2)c(C)c1. The molecule has 1 atom stereocenters. The van der Waals surface area contributed by atoms with Crippen LogP contribution in [0.4, 0.5) is 5.69 Å². The molecule has 0 aromatic heterocycles. The maximum absolute atomic E-state index is 12.5. The minimum Gasteiger partial charge on any atom is -0.481 e. The molecule has 0 aliphatic rings. The van der Waals surface area contributed by atoms with E-state index in [2.05, 4.69) is 5.32 Å². The van der Waals surface area contributed by atoms with E-state index in [1.807, 2.05) is 32.9 Å². The van der Waals surface area contributed by atoms with Crippen molar-refractivity contribution in [1.29, 1.82) is 0 Å². The number of hydrogen-bond donors (Lipinski definition) is 1. The van der Waals surface area contributed by atoms with Crippen molar-refractivity contribution in [3.05, 3.63) is 58.1 Å². The maximum Gasteiger partial charge on any atom is 0.263 e. The summed E-state index contributed by atoms with van der Waals surface area (Å²) in [6.07, 6.45) is -0.732. The molecule has 0 aliphatic carbocycles. The number of likely N-dealkylation sites (N-methyl/N-ethyl adjacent to an activating group) is 1. The lowest BCUT2D eigenvalue weighted by Crippen LogP contribution is -2.42. The summed E-state index contributed by atoms with van der Waals surface area (Å²) in [5.41, 5.74) is 3.91. The highest BCUT2D eigenvalue weighted by molar-refractivity contribution is 6.30. The quantitative estimate of drug-likeness (QED) is 0.809. The number of nitrogens with zero attached hydrogens (tertiary/aromatic N) is 1. The normalized spacial score (nSPS) is 11.6. The monoisotopic (exact) mass is 388 g/mol. The Hall–Kier alpha value is -2.53. The molecule has 0 heterocycles. The molecule has 2 aromatic carbocycles. The number of amides is 2. The average molecular weight is 389 g/mol. The molecule has 0 fully saturated rings. The van der Waals surface area contributed by atoms with Crippen LogP contribution >= 0.6 is 11.6 Å². The predicted molar refractivity (Wildman–Crippen MR) is 108 cm³/mol. The van der Waals surface area contributed by atoms with Crippen LogP contribution in [0, 0.1) is 20.8 Å². The summed E-state index contributed by atoms with van der Waals surface area (Å²) in [6.45, 7) is 7.50. The summed E-state index contributed by atoms with van der Waals surface area (Å²) in [4.78, 5) is 26.2.